The summed E-state index contributed by atoms with van der Waals surface area (Å²) >= 11 is 0. The molecule has 1 aliphatic rings. The number of hydrogen-bond acceptors (Lipinski definition) is 6. The predicted molar refractivity (Wildman–Crippen MR) is 98.7 cm³/mol. The second-order valence-corrected chi connectivity index (χ2v) is 6.98. The Hall–Kier alpha value is -2.93. The van der Waals surface area contributed by atoms with Gasteiger partial charge in [-0.05, 0) is 23.3 Å². The molecule has 0 aliphatic carbocycles. The lowest BCUT2D eigenvalue weighted by atomic mass is 9.90. The van der Waals surface area contributed by atoms with Crippen molar-refractivity contribution < 1.29 is 23.9 Å². The first kappa shape index (κ1) is 18.8. The summed E-state index contributed by atoms with van der Waals surface area (Å²) in [4.78, 5) is 22.8. The fourth-order valence-corrected chi connectivity index (χ4v) is 2.88. The van der Waals surface area contributed by atoms with Crippen LogP contribution in [0.5, 0.6) is 5.75 Å². The molecule has 1 fully saturated rings. The van der Waals surface area contributed by atoms with Crippen LogP contribution in [-0.2, 0) is 20.7 Å². The van der Waals surface area contributed by atoms with Crippen molar-refractivity contribution in [3.05, 3.63) is 58.1 Å². The van der Waals surface area contributed by atoms with Crippen LogP contribution in [0.3, 0.4) is 0 Å². The molecule has 0 spiro atoms. The number of hydrogen-bond donors (Lipinski definition) is 0. The van der Waals surface area contributed by atoms with Crippen molar-refractivity contribution in [2.45, 2.75) is 13.3 Å². The van der Waals surface area contributed by atoms with Gasteiger partial charge in [0.25, 0.3) is 5.69 Å². The van der Waals surface area contributed by atoms with Crippen LogP contribution in [0.15, 0.2) is 42.5 Å². The number of nitrogens with zero attached hydrogens (tertiary/aromatic N) is 1. The summed E-state index contributed by atoms with van der Waals surface area (Å²) in [7, 11) is 1.53. The number of carbonyl (C=O) groups is 1. The van der Waals surface area contributed by atoms with Crippen LogP contribution < -0.4 is 4.74 Å². The van der Waals surface area contributed by atoms with E-state index < -0.39 is 4.92 Å². The summed E-state index contributed by atoms with van der Waals surface area (Å²) < 4.78 is 15.9. The summed E-state index contributed by atoms with van der Waals surface area (Å²) in [5.41, 5.74) is 1.98. The molecule has 7 heteroatoms. The highest BCUT2D eigenvalue weighted by molar-refractivity contribution is 5.77. The summed E-state index contributed by atoms with van der Waals surface area (Å²) in [6, 6.07) is 11.6. The van der Waals surface area contributed by atoms with E-state index in [2.05, 4.69) is 0 Å². The molecule has 2 aromatic carbocycles. The van der Waals surface area contributed by atoms with Crippen molar-refractivity contribution in [2.24, 2.45) is 5.41 Å². The Kier molecular flexibility index (Phi) is 5.41. The zero-order valence-corrected chi connectivity index (χ0v) is 15.3. The van der Waals surface area contributed by atoms with Gasteiger partial charge in [-0.1, -0.05) is 25.1 Å². The maximum Gasteiger partial charge on any atom is 0.310 e. The van der Waals surface area contributed by atoms with Crippen LogP contribution in [0.1, 0.15) is 12.5 Å². The number of ether oxygens (including phenoxy) is 3. The van der Waals surface area contributed by atoms with Crippen molar-refractivity contribution in [3.63, 3.8) is 0 Å². The molecular weight excluding hydrogens is 350 g/mol. The minimum Gasteiger partial charge on any atom is -0.496 e. The molecule has 0 bridgehead atoms. The van der Waals surface area contributed by atoms with Gasteiger partial charge in [0.2, 0.25) is 0 Å². The lowest BCUT2D eigenvalue weighted by Crippen LogP contribution is -2.44. The van der Waals surface area contributed by atoms with Crippen LogP contribution in [-0.4, -0.2) is 37.8 Å². The fourth-order valence-electron chi connectivity index (χ4n) is 2.88. The molecule has 0 atom stereocenters. The van der Waals surface area contributed by atoms with Crippen molar-refractivity contribution >= 4 is 11.7 Å². The number of benzene rings is 2. The SMILES string of the molecule is COc1ccc(CC(=O)OCC2(C)COC2)cc1-c1cccc([N+](=O)[O-])c1. The molecule has 0 N–H and O–H groups in total. The third kappa shape index (κ3) is 4.43. The summed E-state index contributed by atoms with van der Waals surface area (Å²) in [6.45, 7) is 3.54. The van der Waals surface area contributed by atoms with Gasteiger partial charge in [-0.3, -0.25) is 14.9 Å². The standard InChI is InChI=1S/C20H21NO6/c1-20(11-26-12-20)13-27-19(22)9-14-6-7-18(25-2)17(8-14)15-4-3-5-16(10-15)21(23)24/h3-8,10H,9,11-13H2,1-2H3. The number of carbonyl (C=O) groups excluding carboxylic acids is 1. The number of nitro benzene ring substituents is 1. The minimum absolute atomic E-state index is 0.00433. The second kappa shape index (κ2) is 7.75. The van der Waals surface area contributed by atoms with E-state index in [0.29, 0.717) is 36.7 Å². The Morgan fingerprint density at radius 3 is 2.67 bits per heavy atom. The predicted octanol–water partition coefficient (Wildman–Crippen LogP) is 3.39. The molecular formula is C20H21NO6. The molecule has 1 aliphatic heterocycles. The molecule has 0 amide bonds. The molecule has 2 aromatic rings. The van der Waals surface area contributed by atoms with Crippen molar-refractivity contribution in [1.82, 2.24) is 0 Å². The average Bonchev–Trinajstić information content (AvgIpc) is 2.65. The molecule has 0 radical (unpaired) electrons. The van der Waals surface area contributed by atoms with E-state index in [1.807, 2.05) is 6.92 Å². The molecule has 1 heterocycles. The number of rotatable bonds is 7. The molecule has 27 heavy (non-hydrogen) atoms. The van der Waals surface area contributed by atoms with E-state index in [9.17, 15) is 14.9 Å². The Bertz CT molecular complexity index is 859. The Morgan fingerprint density at radius 2 is 2.04 bits per heavy atom. The first-order chi connectivity index (χ1) is 12.9. The monoisotopic (exact) mass is 371 g/mol. The lowest BCUT2D eigenvalue weighted by Gasteiger charge is -2.37. The van der Waals surface area contributed by atoms with Gasteiger partial charge in [0, 0.05) is 23.1 Å². The molecule has 0 aromatic heterocycles. The molecule has 0 unspecified atom stereocenters. The average molecular weight is 371 g/mol. The third-order valence-corrected chi connectivity index (χ3v) is 4.46. The van der Waals surface area contributed by atoms with E-state index >= 15 is 0 Å². The third-order valence-electron chi connectivity index (χ3n) is 4.46. The number of esters is 1. The highest BCUT2D eigenvalue weighted by Crippen LogP contribution is 2.33. The summed E-state index contributed by atoms with van der Waals surface area (Å²) in [5, 5.41) is 11.0. The minimum atomic E-state index is -0.443. The van der Waals surface area contributed by atoms with Gasteiger partial charge < -0.3 is 14.2 Å². The van der Waals surface area contributed by atoms with E-state index in [1.165, 1.54) is 19.2 Å². The highest BCUT2D eigenvalue weighted by atomic mass is 16.6. The molecule has 1 saturated heterocycles. The fraction of sp³-hybridized carbons (Fsp3) is 0.350. The maximum atomic E-state index is 12.2. The summed E-state index contributed by atoms with van der Waals surface area (Å²) in [6.07, 6.45) is 0.114. The van der Waals surface area contributed by atoms with Gasteiger partial charge in [-0.15, -0.1) is 0 Å². The van der Waals surface area contributed by atoms with E-state index in [-0.39, 0.29) is 23.5 Å². The van der Waals surface area contributed by atoms with E-state index in [0.717, 1.165) is 5.56 Å². The Labute approximate surface area is 157 Å². The van der Waals surface area contributed by atoms with Crippen LogP contribution in [0.25, 0.3) is 11.1 Å². The second-order valence-electron chi connectivity index (χ2n) is 6.98. The van der Waals surface area contributed by atoms with Crippen molar-refractivity contribution in [1.29, 1.82) is 0 Å². The molecule has 3 rings (SSSR count). The quantitative estimate of drug-likeness (QED) is 0.421. The first-order valence-corrected chi connectivity index (χ1v) is 8.55. The van der Waals surface area contributed by atoms with Gasteiger partial charge in [-0.25, -0.2) is 0 Å². The van der Waals surface area contributed by atoms with Crippen LogP contribution in [0.2, 0.25) is 0 Å². The molecule has 0 saturated carbocycles. The lowest BCUT2D eigenvalue weighted by molar-refractivity contribution is -0.384. The smallest absolute Gasteiger partial charge is 0.310 e. The van der Waals surface area contributed by atoms with Crippen LogP contribution in [0, 0.1) is 15.5 Å². The highest BCUT2D eigenvalue weighted by Gasteiger charge is 2.34. The van der Waals surface area contributed by atoms with E-state index in [1.54, 1.807) is 30.3 Å². The van der Waals surface area contributed by atoms with Gasteiger partial charge in [-0.2, -0.15) is 0 Å². The Morgan fingerprint density at radius 1 is 1.26 bits per heavy atom. The van der Waals surface area contributed by atoms with Gasteiger partial charge in [0.05, 0.1) is 31.7 Å². The normalized spacial score (nSPS) is 14.9. The maximum absolute atomic E-state index is 12.2. The Balaban J connectivity index is 1.78. The molecule has 7 nitrogen and oxygen atoms in total. The number of nitro groups is 1. The van der Waals surface area contributed by atoms with Crippen molar-refractivity contribution in [3.8, 4) is 16.9 Å². The summed E-state index contributed by atoms with van der Waals surface area (Å²) in [5.74, 6) is 0.255. The van der Waals surface area contributed by atoms with Gasteiger partial charge >= 0.3 is 5.97 Å². The van der Waals surface area contributed by atoms with Crippen LogP contribution >= 0.6 is 0 Å². The number of non-ortho nitro benzene ring substituents is 1. The first-order valence-electron chi connectivity index (χ1n) is 8.55. The van der Waals surface area contributed by atoms with Gasteiger partial charge in [0.15, 0.2) is 0 Å². The largest absolute Gasteiger partial charge is 0.496 e. The van der Waals surface area contributed by atoms with Gasteiger partial charge in [0.1, 0.15) is 12.4 Å². The number of methoxy groups -OCH3 is 1. The zero-order chi connectivity index (χ0) is 19.4. The molecule has 142 valence electrons. The van der Waals surface area contributed by atoms with E-state index in [4.69, 9.17) is 14.2 Å². The zero-order valence-electron chi connectivity index (χ0n) is 15.3. The van der Waals surface area contributed by atoms with Crippen LogP contribution in [0.4, 0.5) is 5.69 Å². The van der Waals surface area contributed by atoms with Crippen molar-refractivity contribution in [2.75, 3.05) is 26.9 Å². The topological polar surface area (TPSA) is 87.9 Å².